The first-order valence-electron chi connectivity index (χ1n) is 7.07. The Labute approximate surface area is 125 Å². The molecule has 0 spiro atoms. The van der Waals surface area contributed by atoms with Gasteiger partial charge in [-0.25, -0.2) is 0 Å². The van der Waals surface area contributed by atoms with Gasteiger partial charge in [0, 0.05) is 23.4 Å². The van der Waals surface area contributed by atoms with Gasteiger partial charge >= 0.3 is 0 Å². The predicted molar refractivity (Wildman–Crippen MR) is 88.0 cm³/mol. The van der Waals surface area contributed by atoms with Crippen LogP contribution in [-0.4, -0.2) is 13.2 Å². The van der Waals surface area contributed by atoms with Gasteiger partial charge in [0.2, 0.25) is 0 Å². The lowest BCUT2D eigenvalue weighted by Crippen LogP contribution is -2.22. The van der Waals surface area contributed by atoms with Crippen LogP contribution in [0.5, 0.6) is 0 Å². The highest BCUT2D eigenvalue weighted by Gasteiger charge is 2.25. The molecule has 0 bridgehead atoms. The van der Waals surface area contributed by atoms with Crippen LogP contribution in [0.25, 0.3) is 5.57 Å². The molecular formula is C17H23NOS. The van der Waals surface area contributed by atoms with E-state index in [1.165, 1.54) is 27.2 Å². The maximum Gasteiger partial charge on any atom is 0.0963 e. The van der Waals surface area contributed by atoms with Crippen molar-refractivity contribution in [2.24, 2.45) is 5.73 Å². The predicted octanol–water partition coefficient (Wildman–Crippen LogP) is 4.25. The minimum atomic E-state index is 0.0420. The molecule has 0 fully saturated rings. The maximum absolute atomic E-state index is 5.87. The third-order valence-corrected chi connectivity index (χ3v) is 4.41. The first-order chi connectivity index (χ1) is 9.67. The number of allylic oxidation sites excluding steroid dienone is 6. The van der Waals surface area contributed by atoms with Crippen molar-refractivity contribution in [1.82, 2.24) is 0 Å². The Balaban J connectivity index is 2.47. The summed E-state index contributed by atoms with van der Waals surface area (Å²) >= 11 is 1.83. The van der Waals surface area contributed by atoms with Gasteiger partial charge in [-0.1, -0.05) is 29.9 Å². The molecule has 0 amide bonds. The highest BCUT2D eigenvalue weighted by atomic mass is 32.1. The molecule has 2 rings (SSSR count). The molecule has 2 N–H and O–H groups in total. The Morgan fingerprint density at radius 1 is 1.45 bits per heavy atom. The van der Waals surface area contributed by atoms with Crippen LogP contribution < -0.4 is 5.73 Å². The number of ether oxygens (including phenoxy) is 1. The lowest BCUT2D eigenvalue weighted by atomic mass is 9.95. The molecule has 2 nitrogen and oxygen atoms in total. The zero-order chi connectivity index (χ0) is 14.5. The summed E-state index contributed by atoms with van der Waals surface area (Å²) in [6, 6.07) is 0. The van der Waals surface area contributed by atoms with Gasteiger partial charge in [0.25, 0.3) is 0 Å². The second-order valence-corrected chi connectivity index (χ2v) is 6.16. The molecular weight excluding hydrogens is 266 g/mol. The Bertz CT molecular complexity index is 547. The molecule has 108 valence electrons. The number of hydrogen-bond donors (Lipinski definition) is 1. The van der Waals surface area contributed by atoms with Gasteiger partial charge in [-0.2, -0.15) is 0 Å². The Kier molecular flexibility index (Phi) is 5.35. The SMILES string of the molecule is C/C=C\C(=C/C=C(C)C)c1csc2c1C(CN)OCC2. The van der Waals surface area contributed by atoms with Gasteiger partial charge in [0.1, 0.15) is 0 Å². The first-order valence-corrected chi connectivity index (χ1v) is 7.95. The van der Waals surface area contributed by atoms with Crippen molar-refractivity contribution in [2.75, 3.05) is 13.2 Å². The van der Waals surface area contributed by atoms with E-state index in [4.69, 9.17) is 10.5 Å². The van der Waals surface area contributed by atoms with E-state index in [1.54, 1.807) is 0 Å². The molecule has 3 heteroatoms. The average Bonchev–Trinajstić information content (AvgIpc) is 2.87. The molecule has 1 unspecified atom stereocenters. The third kappa shape index (κ3) is 3.29. The van der Waals surface area contributed by atoms with E-state index in [0.717, 1.165) is 13.0 Å². The van der Waals surface area contributed by atoms with Gasteiger partial charge < -0.3 is 10.5 Å². The van der Waals surface area contributed by atoms with Crippen molar-refractivity contribution in [2.45, 2.75) is 33.3 Å². The van der Waals surface area contributed by atoms with Crippen molar-refractivity contribution in [1.29, 1.82) is 0 Å². The lowest BCUT2D eigenvalue weighted by molar-refractivity contribution is 0.0496. The Hall–Kier alpha value is -1.16. The Morgan fingerprint density at radius 2 is 2.25 bits per heavy atom. The fourth-order valence-electron chi connectivity index (χ4n) is 2.41. The van der Waals surface area contributed by atoms with E-state index in [9.17, 15) is 0 Å². The molecule has 1 atom stereocenters. The summed E-state index contributed by atoms with van der Waals surface area (Å²) < 4.78 is 5.82. The summed E-state index contributed by atoms with van der Waals surface area (Å²) in [5.74, 6) is 0. The maximum atomic E-state index is 5.87. The smallest absolute Gasteiger partial charge is 0.0963 e. The minimum Gasteiger partial charge on any atom is -0.372 e. The molecule has 20 heavy (non-hydrogen) atoms. The van der Waals surface area contributed by atoms with Crippen molar-refractivity contribution in [3.63, 3.8) is 0 Å². The second-order valence-electron chi connectivity index (χ2n) is 5.20. The highest BCUT2D eigenvalue weighted by molar-refractivity contribution is 7.10. The standard InChI is InChI=1S/C17H23NOS/c1-4-5-13(7-6-12(2)3)14-11-20-16-8-9-19-15(10-18)17(14)16/h4-7,11,15H,8-10,18H2,1-3H3/b5-4-,13-7+. The van der Waals surface area contributed by atoms with Gasteiger partial charge in [-0.3, -0.25) is 0 Å². The minimum absolute atomic E-state index is 0.0420. The molecule has 0 aromatic carbocycles. The van der Waals surface area contributed by atoms with E-state index >= 15 is 0 Å². The van der Waals surface area contributed by atoms with E-state index in [0.29, 0.717) is 6.54 Å². The summed E-state index contributed by atoms with van der Waals surface area (Å²) in [6.45, 7) is 7.59. The molecule has 1 aromatic rings. The quantitative estimate of drug-likeness (QED) is 0.841. The zero-order valence-electron chi connectivity index (χ0n) is 12.5. The van der Waals surface area contributed by atoms with E-state index in [1.807, 2.05) is 18.3 Å². The molecule has 1 aliphatic rings. The van der Waals surface area contributed by atoms with E-state index in [-0.39, 0.29) is 6.10 Å². The zero-order valence-corrected chi connectivity index (χ0v) is 13.3. The molecule has 0 aliphatic carbocycles. The van der Waals surface area contributed by atoms with E-state index < -0.39 is 0 Å². The van der Waals surface area contributed by atoms with Crippen molar-refractivity contribution in [3.8, 4) is 0 Å². The third-order valence-electron chi connectivity index (χ3n) is 3.35. The van der Waals surface area contributed by atoms with Crippen LogP contribution in [0.1, 0.15) is 42.9 Å². The van der Waals surface area contributed by atoms with Crippen LogP contribution in [0, 0.1) is 0 Å². The average molecular weight is 289 g/mol. The summed E-state index contributed by atoms with van der Waals surface area (Å²) in [7, 11) is 0. The Morgan fingerprint density at radius 3 is 2.90 bits per heavy atom. The van der Waals surface area contributed by atoms with Crippen molar-refractivity contribution in [3.05, 3.63) is 51.3 Å². The highest BCUT2D eigenvalue weighted by Crippen LogP contribution is 2.38. The van der Waals surface area contributed by atoms with Gasteiger partial charge in [-0.05, 0) is 37.3 Å². The molecule has 0 radical (unpaired) electrons. The number of fused-ring (bicyclic) bond motifs is 1. The van der Waals surface area contributed by atoms with Crippen LogP contribution >= 0.6 is 11.3 Å². The van der Waals surface area contributed by atoms with Crippen LogP contribution in [0.15, 0.2) is 35.3 Å². The topological polar surface area (TPSA) is 35.2 Å². The lowest BCUT2D eigenvalue weighted by Gasteiger charge is -2.23. The van der Waals surface area contributed by atoms with Crippen molar-refractivity contribution < 1.29 is 4.74 Å². The molecule has 1 aliphatic heterocycles. The van der Waals surface area contributed by atoms with Crippen LogP contribution in [0.3, 0.4) is 0 Å². The second kappa shape index (κ2) is 7.02. The summed E-state index contributed by atoms with van der Waals surface area (Å²) in [5.41, 5.74) is 11.0. The summed E-state index contributed by atoms with van der Waals surface area (Å²) in [6.07, 6.45) is 9.61. The number of rotatable bonds is 4. The van der Waals surface area contributed by atoms with Gasteiger partial charge in [-0.15, -0.1) is 11.3 Å². The monoisotopic (exact) mass is 289 g/mol. The molecule has 0 saturated heterocycles. The molecule has 2 heterocycles. The fraction of sp³-hybridized carbons (Fsp3) is 0.412. The van der Waals surface area contributed by atoms with Crippen LogP contribution in [-0.2, 0) is 11.2 Å². The van der Waals surface area contributed by atoms with E-state index in [2.05, 4.69) is 43.5 Å². The molecule has 0 saturated carbocycles. The number of nitrogens with two attached hydrogens (primary N) is 1. The summed E-state index contributed by atoms with van der Waals surface area (Å²) in [4.78, 5) is 1.43. The number of hydrogen-bond acceptors (Lipinski definition) is 3. The fourth-order valence-corrected chi connectivity index (χ4v) is 3.50. The van der Waals surface area contributed by atoms with Gasteiger partial charge in [0.05, 0.1) is 12.7 Å². The number of thiophene rings is 1. The van der Waals surface area contributed by atoms with Crippen molar-refractivity contribution >= 4 is 16.9 Å². The normalized spacial score (nSPS) is 19.2. The van der Waals surface area contributed by atoms with Gasteiger partial charge in [0.15, 0.2) is 0 Å². The van der Waals surface area contributed by atoms with Crippen LogP contribution in [0.4, 0.5) is 0 Å². The largest absolute Gasteiger partial charge is 0.372 e. The first kappa shape index (κ1) is 15.2. The molecule has 1 aromatic heterocycles. The summed E-state index contributed by atoms with van der Waals surface area (Å²) in [5, 5.41) is 2.24. The van der Waals surface area contributed by atoms with Crippen LogP contribution in [0.2, 0.25) is 0 Å².